The molecule has 1 aliphatic rings. The molecule has 6 heteroatoms. The molecule has 22 heavy (non-hydrogen) atoms. The Morgan fingerprint density at radius 1 is 1.18 bits per heavy atom. The molecule has 1 unspecified atom stereocenters. The molecular formula is C16H11F3N2O. The van der Waals surface area contributed by atoms with E-state index in [1.54, 1.807) is 18.3 Å². The molecule has 0 spiro atoms. The number of aromatic nitrogens is 1. The molecule has 2 N–H and O–H groups in total. The molecule has 0 bridgehead atoms. The Morgan fingerprint density at radius 3 is 2.68 bits per heavy atom. The van der Waals surface area contributed by atoms with Crippen LogP contribution in [0.2, 0.25) is 0 Å². The summed E-state index contributed by atoms with van der Waals surface area (Å²) in [6, 6.07) is 5.22. The van der Waals surface area contributed by atoms with Gasteiger partial charge in [0.25, 0.3) is 0 Å². The van der Waals surface area contributed by atoms with Crippen molar-refractivity contribution in [3.05, 3.63) is 70.8 Å². The third-order valence-electron chi connectivity index (χ3n) is 3.88. The third-order valence-corrected chi connectivity index (χ3v) is 3.88. The molecule has 1 atom stereocenters. The van der Waals surface area contributed by atoms with Crippen molar-refractivity contribution in [3.8, 4) is 0 Å². The van der Waals surface area contributed by atoms with Crippen molar-refractivity contribution in [2.75, 3.05) is 0 Å². The average molecular weight is 304 g/mol. The van der Waals surface area contributed by atoms with Crippen molar-refractivity contribution in [1.82, 2.24) is 4.98 Å². The van der Waals surface area contributed by atoms with E-state index >= 15 is 0 Å². The maximum atomic E-state index is 14.2. The second-order valence-electron chi connectivity index (χ2n) is 5.12. The number of pyridine rings is 1. The Kier molecular flexibility index (Phi) is 3.24. The topological polar surface area (TPSA) is 56.0 Å². The zero-order valence-electron chi connectivity index (χ0n) is 11.3. The largest absolute Gasteiger partial charge is 0.369 e. The molecule has 3 rings (SSSR count). The molecular weight excluding hydrogens is 293 g/mol. The summed E-state index contributed by atoms with van der Waals surface area (Å²) in [6.07, 6.45) is 4.54. The minimum absolute atomic E-state index is 0.0317. The number of hydrogen-bond acceptors (Lipinski definition) is 2. The van der Waals surface area contributed by atoms with Crippen LogP contribution in [-0.2, 0) is 16.6 Å². The van der Waals surface area contributed by atoms with Gasteiger partial charge in [0.15, 0.2) is 17.5 Å². The van der Waals surface area contributed by atoms with Crippen molar-refractivity contribution in [1.29, 1.82) is 0 Å². The number of halogens is 3. The number of nitrogens with two attached hydrogens (primary N) is 1. The second-order valence-corrected chi connectivity index (χ2v) is 5.12. The van der Waals surface area contributed by atoms with Gasteiger partial charge in [-0.25, -0.2) is 13.2 Å². The van der Waals surface area contributed by atoms with Gasteiger partial charge in [0, 0.05) is 11.8 Å². The quantitative estimate of drug-likeness (QED) is 0.867. The number of fused-ring (bicyclic) bond motifs is 1. The van der Waals surface area contributed by atoms with Gasteiger partial charge in [0.2, 0.25) is 5.91 Å². The van der Waals surface area contributed by atoms with Gasteiger partial charge in [0.1, 0.15) is 0 Å². The molecule has 1 aromatic heterocycles. The molecule has 0 fully saturated rings. The van der Waals surface area contributed by atoms with E-state index in [-0.39, 0.29) is 12.0 Å². The van der Waals surface area contributed by atoms with E-state index in [0.717, 1.165) is 12.1 Å². The van der Waals surface area contributed by atoms with Crippen LogP contribution in [0.25, 0.3) is 6.08 Å². The van der Waals surface area contributed by atoms with Gasteiger partial charge >= 0.3 is 0 Å². The molecule has 1 aromatic carbocycles. The molecule has 1 heterocycles. The Morgan fingerprint density at radius 2 is 1.95 bits per heavy atom. The van der Waals surface area contributed by atoms with Gasteiger partial charge in [-0.05, 0) is 30.2 Å². The Bertz CT molecular complexity index is 804. The van der Waals surface area contributed by atoms with Crippen LogP contribution in [0.15, 0.2) is 36.5 Å². The van der Waals surface area contributed by atoms with E-state index in [9.17, 15) is 18.0 Å². The lowest BCUT2D eigenvalue weighted by Gasteiger charge is -2.31. The van der Waals surface area contributed by atoms with E-state index in [0.29, 0.717) is 11.3 Å². The second kappa shape index (κ2) is 4.98. The summed E-state index contributed by atoms with van der Waals surface area (Å²) in [5.74, 6) is -5.19. The summed E-state index contributed by atoms with van der Waals surface area (Å²) < 4.78 is 40.8. The highest BCUT2D eigenvalue weighted by molar-refractivity contribution is 5.91. The fourth-order valence-electron chi connectivity index (χ4n) is 2.69. The van der Waals surface area contributed by atoms with E-state index in [2.05, 4.69) is 4.98 Å². The van der Waals surface area contributed by atoms with Crippen LogP contribution in [0, 0.1) is 17.5 Å². The molecule has 0 saturated carbocycles. The number of carbonyl (C=O) groups is 1. The molecule has 112 valence electrons. The predicted molar refractivity (Wildman–Crippen MR) is 74.2 cm³/mol. The van der Waals surface area contributed by atoms with Gasteiger partial charge in [-0.2, -0.15) is 0 Å². The highest BCUT2D eigenvalue weighted by Gasteiger charge is 2.42. The molecule has 2 aromatic rings. The van der Waals surface area contributed by atoms with Crippen LogP contribution in [0.5, 0.6) is 0 Å². The van der Waals surface area contributed by atoms with Crippen molar-refractivity contribution >= 4 is 12.0 Å². The molecule has 3 nitrogen and oxygen atoms in total. The lowest BCUT2D eigenvalue weighted by Crippen LogP contribution is -2.43. The zero-order chi connectivity index (χ0) is 15.9. The number of primary amides is 1. The number of nitrogens with zero attached hydrogens (tertiary/aromatic N) is 1. The number of hydrogen-bond donors (Lipinski definition) is 1. The first-order chi connectivity index (χ1) is 10.5. The number of amides is 1. The van der Waals surface area contributed by atoms with Gasteiger partial charge in [-0.15, -0.1) is 0 Å². The van der Waals surface area contributed by atoms with Gasteiger partial charge in [0.05, 0.1) is 11.1 Å². The third kappa shape index (κ3) is 1.99. The van der Waals surface area contributed by atoms with E-state index < -0.39 is 28.8 Å². The molecule has 0 radical (unpaired) electrons. The molecule has 1 aliphatic carbocycles. The van der Waals surface area contributed by atoms with Crippen LogP contribution in [-0.4, -0.2) is 10.9 Å². The fourth-order valence-corrected chi connectivity index (χ4v) is 2.69. The number of carbonyl (C=O) groups excluding carboxylic acids is 1. The normalized spacial score (nSPS) is 19.8. The number of rotatable bonds is 2. The first-order valence-electron chi connectivity index (χ1n) is 6.53. The summed E-state index contributed by atoms with van der Waals surface area (Å²) in [4.78, 5) is 16.1. The summed E-state index contributed by atoms with van der Waals surface area (Å²) in [5.41, 5.74) is 4.89. The standard InChI is InChI=1S/C16H11F3N2O/c17-11-4-3-10(13(18)14(11)19)16(15(20)22)6-5-12-9(8-16)2-1-7-21-12/h1-7H,8H2,(H2,20,22). The van der Waals surface area contributed by atoms with Crippen LogP contribution in [0.4, 0.5) is 13.2 Å². The van der Waals surface area contributed by atoms with Crippen LogP contribution in [0.1, 0.15) is 16.8 Å². The first-order valence-corrected chi connectivity index (χ1v) is 6.53. The van der Waals surface area contributed by atoms with Gasteiger partial charge in [-0.3, -0.25) is 9.78 Å². The summed E-state index contributed by atoms with van der Waals surface area (Å²) in [7, 11) is 0. The summed E-state index contributed by atoms with van der Waals surface area (Å²) in [5, 5.41) is 0. The van der Waals surface area contributed by atoms with Crippen LogP contribution in [0.3, 0.4) is 0 Å². The average Bonchev–Trinajstić information content (AvgIpc) is 2.52. The SMILES string of the molecule is NC(=O)C1(c2ccc(F)c(F)c2F)C=Cc2ncccc2C1. The smallest absolute Gasteiger partial charge is 0.232 e. The summed E-state index contributed by atoms with van der Waals surface area (Å²) in [6.45, 7) is 0. The highest BCUT2D eigenvalue weighted by Crippen LogP contribution is 2.37. The Labute approximate surface area is 124 Å². The maximum absolute atomic E-state index is 14.2. The molecule has 0 saturated heterocycles. The Balaban J connectivity index is 2.21. The highest BCUT2D eigenvalue weighted by atomic mass is 19.2. The monoisotopic (exact) mass is 304 g/mol. The minimum Gasteiger partial charge on any atom is -0.369 e. The van der Waals surface area contributed by atoms with Crippen LogP contribution >= 0.6 is 0 Å². The Hall–Kier alpha value is -2.63. The fraction of sp³-hybridized carbons (Fsp3) is 0.125. The lowest BCUT2D eigenvalue weighted by atomic mass is 9.71. The van der Waals surface area contributed by atoms with Crippen molar-refractivity contribution < 1.29 is 18.0 Å². The van der Waals surface area contributed by atoms with Crippen LogP contribution < -0.4 is 5.73 Å². The molecule has 0 aliphatic heterocycles. The predicted octanol–water partition coefficient (Wildman–Crippen LogP) is 2.49. The minimum atomic E-state index is -1.62. The summed E-state index contributed by atoms with van der Waals surface area (Å²) >= 11 is 0. The zero-order valence-corrected chi connectivity index (χ0v) is 11.3. The maximum Gasteiger partial charge on any atom is 0.232 e. The first kappa shape index (κ1) is 14.3. The van der Waals surface area contributed by atoms with Gasteiger partial charge < -0.3 is 5.73 Å². The van der Waals surface area contributed by atoms with Crippen molar-refractivity contribution in [2.45, 2.75) is 11.8 Å². The molecule has 1 amide bonds. The van der Waals surface area contributed by atoms with E-state index in [4.69, 9.17) is 5.73 Å². The van der Waals surface area contributed by atoms with Gasteiger partial charge in [-0.1, -0.05) is 18.2 Å². The van der Waals surface area contributed by atoms with E-state index in [1.165, 1.54) is 12.2 Å². The number of benzene rings is 1. The van der Waals surface area contributed by atoms with E-state index in [1.807, 2.05) is 0 Å². The van der Waals surface area contributed by atoms with Crippen molar-refractivity contribution in [2.24, 2.45) is 5.73 Å². The van der Waals surface area contributed by atoms with Crippen molar-refractivity contribution in [3.63, 3.8) is 0 Å². The lowest BCUT2D eigenvalue weighted by molar-refractivity contribution is -0.122.